The minimum atomic E-state index is -0.168. The molecule has 0 N–H and O–H groups in total. The first-order chi connectivity index (χ1) is 27.2. The molecule has 1 aliphatic rings. The lowest BCUT2D eigenvalue weighted by Gasteiger charge is -2.49. The van der Waals surface area contributed by atoms with E-state index in [2.05, 4.69) is 202 Å². The van der Waals surface area contributed by atoms with Crippen molar-refractivity contribution in [3.05, 3.63) is 165 Å². The van der Waals surface area contributed by atoms with Crippen LogP contribution in [0, 0.1) is 34.6 Å². The molecule has 0 fully saturated rings. The third-order valence-electron chi connectivity index (χ3n) is 13.4. The van der Waals surface area contributed by atoms with Gasteiger partial charge < -0.3 is 9.80 Å². The minimum Gasteiger partial charge on any atom is -0.310 e. The standard InChI is InChI=1S/C55H64N2/c1-13-16-17-43-32-39(7)53(40(8)33-43)57(45-24-20-42(15-3)21-25-45)47-27-29-49-48-28-26-46(34-50(48)54(9,10)55(11,12)51(49)35-47)56(44-22-18-41(14-2)19-23-44)52-37(5)30-36(4)31-38(52)6/h18-35H,13-17H2,1-12H3. The molecule has 2 nitrogen and oxygen atoms in total. The fourth-order valence-electron chi connectivity index (χ4n) is 9.54. The molecule has 0 spiro atoms. The number of hydrogen-bond donors (Lipinski definition) is 0. The number of rotatable bonds is 11. The number of unbranched alkanes of at least 4 members (excludes halogenated alkanes) is 1. The fourth-order valence-corrected chi connectivity index (χ4v) is 9.54. The van der Waals surface area contributed by atoms with E-state index >= 15 is 0 Å². The number of nitrogens with zero attached hydrogens (tertiary/aromatic N) is 2. The van der Waals surface area contributed by atoms with Gasteiger partial charge in [0.15, 0.2) is 0 Å². The largest absolute Gasteiger partial charge is 0.310 e. The molecule has 0 bridgehead atoms. The van der Waals surface area contributed by atoms with Crippen LogP contribution in [0.5, 0.6) is 0 Å². The molecule has 0 aromatic heterocycles. The quantitative estimate of drug-likeness (QED) is 0.130. The first-order valence-electron chi connectivity index (χ1n) is 21.5. The van der Waals surface area contributed by atoms with E-state index in [4.69, 9.17) is 0 Å². The van der Waals surface area contributed by atoms with E-state index in [-0.39, 0.29) is 10.8 Å². The minimum absolute atomic E-state index is 0.167. The zero-order valence-corrected chi connectivity index (χ0v) is 36.8. The van der Waals surface area contributed by atoms with Crippen LogP contribution in [0.4, 0.5) is 34.1 Å². The average molecular weight is 753 g/mol. The summed E-state index contributed by atoms with van der Waals surface area (Å²) in [4.78, 5) is 5.01. The van der Waals surface area contributed by atoms with E-state index in [1.165, 1.54) is 114 Å². The van der Waals surface area contributed by atoms with Gasteiger partial charge in [-0.25, -0.2) is 0 Å². The molecule has 6 aromatic carbocycles. The monoisotopic (exact) mass is 753 g/mol. The maximum absolute atomic E-state index is 2.52. The SMILES string of the molecule is CCCCc1cc(C)c(N(c2ccc(CC)cc2)c2ccc3c(c2)C(C)(C)C(C)(C)c2cc(N(c4ccc(CC)cc4)c4c(C)cc(C)cc4C)ccc2-3)c(C)c1. The van der Waals surface area contributed by atoms with Crippen molar-refractivity contribution >= 4 is 34.1 Å². The molecule has 2 heteroatoms. The van der Waals surface area contributed by atoms with E-state index in [9.17, 15) is 0 Å². The lowest BCUT2D eigenvalue weighted by molar-refractivity contribution is 0.299. The predicted octanol–water partition coefficient (Wildman–Crippen LogP) is 15.9. The van der Waals surface area contributed by atoms with Gasteiger partial charge in [-0.05, 0) is 181 Å². The summed E-state index contributed by atoms with van der Waals surface area (Å²) < 4.78 is 0. The highest BCUT2D eigenvalue weighted by atomic mass is 15.2. The first-order valence-corrected chi connectivity index (χ1v) is 21.5. The Morgan fingerprint density at radius 1 is 0.421 bits per heavy atom. The van der Waals surface area contributed by atoms with Gasteiger partial charge >= 0.3 is 0 Å². The summed E-state index contributed by atoms with van der Waals surface area (Å²) in [6, 6.07) is 42.4. The van der Waals surface area contributed by atoms with Crippen LogP contribution in [0.1, 0.15) is 117 Å². The Morgan fingerprint density at radius 3 is 1.16 bits per heavy atom. The van der Waals surface area contributed by atoms with Crippen molar-refractivity contribution in [1.29, 1.82) is 0 Å². The van der Waals surface area contributed by atoms with E-state index in [0.717, 1.165) is 19.3 Å². The zero-order valence-electron chi connectivity index (χ0n) is 36.8. The molecule has 0 heterocycles. The Hall–Kier alpha value is -5.08. The van der Waals surface area contributed by atoms with Gasteiger partial charge in [-0.15, -0.1) is 0 Å². The van der Waals surface area contributed by atoms with Gasteiger partial charge in [0.25, 0.3) is 0 Å². The fraction of sp³-hybridized carbons (Fsp3) is 0.345. The molecule has 0 saturated carbocycles. The van der Waals surface area contributed by atoms with Crippen molar-refractivity contribution in [2.75, 3.05) is 9.80 Å². The Kier molecular flexibility index (Phi) is 11.0. The Morgan fingerprint density at radius 2 is 0.789 bits per heavy atom. The van der Waals surface area contributed by atoms with E-state index in [1.54, 1.807) is 0 Å². The number of anilines is 6. The number of benzene rings is 6. The summed E-state index contributed by atoms with van der Waals surface area (Å²) >= 11 is 0. The topological polar surface area (TPSA) is 6.48 Å². The Bertz CT molecular complexity index is 2360. The van der Waals surface area contributed by atoms with Crippen LogP contribution >= 0.6 is 0 Å². The van der Waals surface area contributed by atoms with Crippen LogP contribution < -0.4 is 9.80 Å². The summed E-state index contributed by atoms with van der Waals surface area (Å²) in [5.41, 5.74) is 23.1. The first kappa shape index (κ1) is 40.1. The highest BCUT2D eigenvalue weighted by Crippen LogP contribution is 2.56. The van der Waals surface area contributed by atoms with Crippen molar-refractivity contribution in [2.24, 2.45) is 0 Å². The van der Waals surface area contributed by atoms with Crippen LogP contribution in [0.2, 0.25) is 0 Å². The summed E-state index contributed by atoms with van der Waals surface area (Å²) in [5, 5.41) is 0. The van der Waals surface area contributed by atoms with Gasteiger partial charge in [0.05, 0.1) is 11.4 Å². The molecule has 6 aromatic rings. The summed E-state index contributed by atoms with van der Waals surface area (Å²) in [6.07, 6.45) is 5.60. The summed E-state index contributed by atoms with van der Waals surface area (Å²) in [7, 11) is 0. The smallest absolute Gasteiger partial charge is 0.0520 e. The van der Waals surface area contributed by atoms with Gasteiger partial charge in [-0.1, -0.05) is 121 Å². The number of fused-ring (bicyclic) bond motifs is 3. The van der Waals surface area contributed by atoms with Crippen LogP contribution in [-0.2, 0) is 30.1 Å². The number of aryl methyl sites for hydroxylation is 8. The van der Waals surface area contributed by atoms with Gasteiger partial charge in [0, 0.05) is 22.7 Å². The lowest BCUT2D eigenvalue weighted by Crippen LogP contribution is -2.43. The van der Waals surface area contributed by atoms with Crippen molar-refractivity contribution in [1.82, 2.24) is 0 Å². The molecular weight excluding hydrogens is 689 g/mol. The molecule has 57 heavy (non-hydrogen) atoms. The second-order valence-corrected chi connectivity index (χ2v) is 17.8. The Balaban J connectivity index is 1.40. The van der Waals surface area contributed by atoms with E-state index in [1.807, 2.05) is 0 Å². The van der Waals surface area contributed by atoms with Crippen molar-refractivity contribution in [2.45, 2.75) is 126 Å². The molecule has 7 rings (SSSR count). The van der Waals surface area contributed by atoms with E-state index in [0.29, 0.717) is 0 Å². The second-order valence-electron chi connectivity index (χ2n) is 17.8. The van der Waals surface area contributed by atoms with Crippen LogP contribution in [0.25, 0.3) is 11.1 Å². The van der Waals surface area contributed by atoms with Crippen LogP contribution in [-0.4, -0.2) is 0 Å². The summed E-state index contributed by atoms with van der Waals surface area (Å²) in [5.74, 6) is 0. The van der Waals surface area contributed by atoms with Crippen LogP contribution in [0.15, 0.2) is 109 Å². The molecule has 1 aliphatic carbocycles. The van der Waals surface area contributed by atoms with Crippen molar-refractivity contribution < 1.29 is 0 Å². The normalized spacial score (nSPS) is 13.9. The predicted molar refractivity (Wildman–Crippen MR) is 248 cm³/mol. The number of hydrogen-bond acceptors (Lipinski definition) is 2. The molecule has 0 radical (unpaired) electrons. The van der Waals surface area contributed by atoms with Gasteiger partial charge in [-0.2, -0.15) is 0 Å². The van der Waals surface area contributed by atoms with Gasteiger partial charge in [0.2, 0.25) is 0 Å². The molecule has 294 valence electrons. The van der Waals surface area contributed by atoms with Crippen molar-refractivity contribution in [3.63, 3.8) is 0 Å². The molecule has 0 saturated heterocycles. The Labute approximate surface area is 344 Å². The van der Waals surface area contributed by atoms with Gasteiger partial charge in [0.1, 0.15) is 0 Å². The molecule has 0 aliphatic heterocycles. The second kappa shape index (κ2) is 15.7. The van der Waals surface area contributed by atoms with Gasteiger partial charge in [-0.3, -0.25) is 0 Å². The summed E-state index contributed by atoms with van der Waals surface area (Å²) in [6.45, 7) is 27.9. The van der Waals surface area contributed by atoms with E-state index < -0.39 is 0 Å². The zero-order chi connectivity index (χ0) is 40.8. The highest BCUT2D eigenvalue weighted by molar-refractivity contribution is 5.88. The van der Waals surface area contributed by atoms with Crippen LogP contribution in [0.3, 0.4) is 0 Å². The lowest BCUT2D eigenvalue weighted by atomic mass is 9.55. The third kappa shape index (κ3) is 7.22. The molecule has 0 amide bonds. The highest BCUT2D eigenvalue weighted by Gasteiger charge is 2.46. The molecule has 0 unspecified atom stereocenters. The molecule has 0 atom stereocenters. The average Bonchev–Trinajstić information content (AvgIpc) is 3.19. The maximum Gasteiger partial charge on any atom is 0.0520 e. The third-order valence-corrected chi connectivity index (χ3v) is 13.4. The maximum atomic E-state index is 2.52. The molecular formula is C55H64N2. The van der Waals surface area contributed by atoms with Crippen molar-refractivity contribution in [3.8, 4) is 11.1 Å².